The second-order valence-electron chi connectivity index (χ2n) is 2.99. The molecule has 0 aliphatic heterocycles. The van der Waals surface area contributed by atoms with E-state index in [0.717, 1.165) is 5.69 Å². The van der Waals surface area contributed by atoms with Gasteiger partial charge in [-0.1, -0.05) is 0 Å². The smallest absolute Gasteiger partial charge is 0.160 e. The molecular weight excluding hydrogens is 206 g/mol. The van der Waals surface area contributed by atoms with Gasteiger partial charge in [0.1, 0.15) is 12.1 Å². The highest BCUT2D eigenvalue weighted by Gasteiger charge is 1.97. The van der Waals surface area contributed by atoms with Crippen LogP contribution in [-0.2, 0) is 6.54 Å². The van der Waals surface area contributed by atoms with Crippen molar-refractivity contribution >= 4 is 11.6 Å². The molecule has 0 saturated heterocycles. The van der Waals surface area contributed by atoms with E-state index in [4.69, 9.17) is 5.84 Å². The summed E-state index contributed by atoms with van der Waals surface area (Å²) in [6, 6.07) is 1.82. The summed E-state index contributed by atoms with van der Waals surface area (Å²) in [7, 11) is 0. The van der Waals surface area contributed by atoms with Gasteiger partial charge in [0.2, 0.25) is 0 Å². The number of hydrazine groups is 1. The summed E-state index contributed by atoms with van der Waals surface area (Å²) in [6.45, 7) is 0.561. The molecule has 2 aromatic heterocycles. The second-order valence-corrected chi connectivity index (χ2v) is 2.99. The highest BCUT2D eigenvalue weighted by atomic mass is 15.3. The fourth-order valence-corrected chi connectivity index (χ4v) is 1.12. The maximum atomic E-state index is 5.23. The van der Waals surface area contributed by atoms with E-state index in [9.17, 15) is 0 Å². The molecule has 0 saturated carbocycles. The molecule has 0 amide bonds. The highest BCUT2D eigenvalue weighted by molar-refractivity contribution is 5.40. The lowest BCUT2D eigenvalue weighted by atomic mass is 10.4. The molecule has 0 spiro atoms. The molecule has 0 radical (unpaired) electrons. The fourth-order valence-electron chi connectivity index (χ4n) is 1.12. The molecule has 2 rings (SSSR count). The normalized spacial score (nSPS) is 9.81. The Balaban J connectivity index is 1.99. The molecule has 82 valence electrons. The van der Waals surface area contributed by atoms with Gasteiger partial charge in [0.25, 0.3) is 0 Å². The summed E-state index contributed by atoms with van der Waals surface area (Å²) in [5.74, 6) is 6.37. The third kappa shape index (κ3) is 2.61. The van der Waals surface area contributed by atoms with E-state index in [1.807, 2.05) is 6.07 Å². The minimum atomic E-state index is 0.507. The van der Waals surface area contributed by atoms with Gasteiger partial charge in [-0.15, -0.1) is 0 Å². The van der Waals surface area contributed by atoms with Crippen molar-refractivity contribution in [1.29, 1.82) is 0 Å². The number of nitrogens with one attached hydrogen (secondary N) is 2. The van der Waals surface area contributed by atoms with Crippen molar-refractivity contribution in [2.75, 3.05) is 10.7 Å². The molecule has 0 atom stereocenters. The molecule has 2 heterocycles. The Morgan fingerprint density at radius 1 is 1.19 bits per heavy atom. The molecule has 0 aliphatic rings. The van der Waals surface area contributed by atoms with Crippen molar-refractivity contribution in [3.05, 3.63) is 36.7 Å². The Kier molecular flexibility index (Phi) is 3.19. The molecule has 2 aromatic rings. The zero-order chi connectivity index (χ0) is 11.2. The molecule has 0 fully saturated rings. The molecular formula is C9H11N7. The maximum absolute atomic E-state index is 5.23. The van der Waals surface area contributed by atoms with E-state index in [0.29, 0.717) is 18.2 Å². The third-order valence-electron chi connectivity index (χ3n) is 1.88. The van der Waals surface area contributed by atoms with E-state index in [1.54, 1.807) is 12.4 Å². The first-order chi connectivity index (χ1) is 7.88. The predicted octanol–water partition coefficient (Wildman–Crippen LogP) is 0.164. The van der Waals surface area contributed by atoms with E-state index < -0.39 is 0 Å². The first-order valence-electron chi connectivity index (χ1n) is 4.66. The Hall–Kier alpha value is -2.28. The van der Waals surface area contributed by atoms with Crippen molar-refractivity contribution in [1.82, 2.24) is 19.9 Å². The number of nitrogens with zero attached hydrogens (tertiary/aromatic N) is 4. The van der Waals surface area contributed by atoms with Crippen molar-refractivity contribution in [2.45, 2.75) is 6.54 Å². The van der Waals surface area contributed by atoms with Crippen LogP contribution in [0.2, 0.25) is 0 Å². The van der Waals surface area contributed by atoms with Crippen LogP contribution >= 0.6 is 0 Å². The molecule has 0 aliphatic carbocycles. The molecule has 0 unspecified atom stereocenters. The first kappa shape index (κ1) is 10.2. The lowest BCUT2D eigenvalue weighted by Gasteiger charge is -2.05. The number of hydrogen-bond acceptors (Lipinski definition) is 7. The number of nitrogen functional groups attached to an aromatic ring is 1. The summed E-state index contributed by atoms with van der Waals surface area (Å²) >= 11 is 0. The topological polar surface area (TPSA) is 102 Å². The third-order valence-corrected chi connectivity index (χ3v) is 1.88. The van der Waals surface area contributed by atoms with Crippen molar-refractivity contribution in [3.63, 3.8) is 0 Å². The van der Waals surface area contributed by atoms with E-state index in [1.165, 1.54) is 12.5 Å². The molecule has 16 heavy (non-hydrogen) atoms. The number of anilines is 2. The lowest BCUT2D eigenvalue weighted by Crippen LogP contribution is -2.10. The number of nitrogens with two attached hydrogens (primary N) is 1. The van der Waals surface area contributed by atoms with Crippen LogP contribution in [0, 0.1) is 0 Å². The first-order valence-corrected chi connectivity index (χ1v) is 4.66. The SMILES string of the molecule is NNc1cncc(NCc2ccncn2)n1. The van der Waals surface area contributed by atoms with Gasteiger partial charge in [0.15, 0.2) is 5.82 Å². The Labute approximate surface area is 92.1 Å². The number of hydrogen-bond donors (Lipinski definition) is 3. The van der Waals surface area contributed by atoms with Gasteiger partial charge in [-0.25, -0.2) is 20.8 Å². The molecule has 4 N–H and O–H groups in total. The van der Waals surface area contributed by atoms with E-state index in [2.05, 4.69) is 30.7 Å². The van der Waals surface area contributed by atoms with Gasteiger partial charge in [0, 0.05) is 6.20 Å². The minimum Gasteiger partial charge on any atom is -0.363 e. The monoisotopic (exact) mass is 217 g/mol. The van der Waals surface area contributed by atoms with Crippen LogP contribution in [0.1, 0.15) is 5.69 Å². The predicted molar refractivity (Wildman–Crippen MR) is 59.2 cm³/mol. The summed E-state index contributed by atoms with van der Waals surface area (Å²) in [5, 5.41) is 3.08. The fraction of sp³-hybridized carbons (Fsp3) is 0.111. The number of aromatic nitrogens is 4. The van der Waals surface area contributed by atoms with E-state index in [-0.39, 0.29) is 0 Å². The molecule has 7 nitrogen and oxygen atoms in total. The second kappa shape index (κ2) is 4.99. The lowest BCUT2D eigenvalue weighted by molar-refractivity contribution is 0.990. The highest BCUT2D eigenvalue weighted by Crippen LogP contribution is 2.06. The van der Waals surface area contributed by atoms with Gasteiger partial charge in [-0.2, -0.15) is 0 Å². The van der Waals surface area contributed by atoms with Gasteiger partial charge in [-0.05, 0) is 6.07 Å². The quantitative estimate of drug-likeness (QED) is 0.495. The van der Waals surface area contributed by atoms with Gasteiger partial charge in [0.05, 0.1) is 24.6 Å². The summed E-state index contributed by atoms with van der Waals surface area (Å²) < 4.78 is 0. The number of rotatable bonds is 4. The zero-order valence-corrected chi connectivity index (χ0v) is 8.46. The zero-order valence-electron chi connectivity index (χ0n) is 8.46. The van der Waals surface area contributed by atoms with Crippen molar-refractivity contribution in [3.8, 4) is 0 Å². The Morgan fingerprint density at radius 2 is 2.06 bits per heavy atom. The van der Waals surface area contributed by atoms with Crippen LogP contribution in [0.3, 0.4) is 0 Å². The standard InChI is InChI=1S/C9H11N7/c10-16-9-5-12-4-8(15-9)13-3-7-1-2-11-6-14-7/h1-2,4-6H,3,10H2,(H2,13,15,16). The Bertz CT molecular complexity index is 445. The molecule has 0 aromatic carbocycles. The Morgan fingerprint density at radius 3 is 2.81 bits per heavy atom. The minimum absolute atomic E-state index is 0.507. The van der Waals surface area contributed by atoms with Crippen LogP contribution in [-0.4, -0.2) is 19.9 Å². The summed E-state index contributed by atoms with van der Waals surface area (Å²) in [6.07, 6.45) is 6.34. The van der Waals surface area contributed by atoms with Crippen molar-refractivity contribution < 1.29 is 0 Å². The van der Waals surface area contributed by atoms with E-state index >= 15 is 0 Å². The largest absolute Gasteiger partial charge is 0.363 e. The van der Waals surface area contributed by atoms with Crippen LogP contribution < -0.4 is 16.6 Å². The average molecular weight is 217 g/mol. The van der Waals surface area contributed by atoms with Crippen molar-refractivity contribution in [2.24, 2.45) is 5.84 Å². The van der Waals surface area contributed by atoms with Crippen LogP contribution in [0.5, 0.6) is 0 Å². The molecule has 0 bridgehead atoms. The van der Waals surface area contributed by atoms with Crippen LogP contribution in [0.15, 0.2) is 31.0 Å². The van der Waals surface area contributed by atoms with Gasteiger partial charge >= 0.3 is 0 Å². The summed E-state index contributed by atoms with van der Waals surface area (Å²) in [5.41, 5.74) is 3.30. The van der Waals surface area contributed by atoms with Crippen LogP contribution in [0.4, 0.5) is 11.6 Å². The van der Waals surface area contributed by atoms with Gasteiger partial charge < -0.3 is 10.7 Å². The summed E-state index contributed by atoms with van der Waals surface area (Å²) in [4.78, 5) is 16.0. The van der Waals surface area contributed by atoms with Crippen LogP contribution in [0.25, 0.3) is 0 Å². The maximum Gasteiger partial charge on any atom is 0.160 e. The average Bonchev–Trinajstić information content (AvgIpc) is 2.38. The van der Waals surface area contributed by atoms with Gasteiger partial charge in [-0.3, -0.25) is 4.98 Å². The molecule has 7 heteroatoms.